The second-order valence-electron chi connectivity index (χ2n) is 6.27. The number of piperidine rings is 1. The predicted molar refractivity (Wildman–Crippen MR) is 65.8 cm³/mol. The number of carbonyl (C=O) groups is 3. The lowest BCUT2D eigenvalue weighted by atomic mass is 9.84. The lowest BCUT2D eigenvalue weighted by Gasteiger charge is -2.40. The molecule has 2 rings (SSSR count). The third kappa shape index (κ3) is 2.13. The van der Waals surface area contributed by atoms with Gasteiger partial charge in [-0.1, -0.05) is 20.8 Å². The number of Topliss-reactive ketones (excluding diaryl/α,β-unsaturated/α-hetero) is 1. The summed E-state index contributed by atoms with van der Waals surface area (Å²) in [5, 5.41) is 2.79. The molecule has 5 heteroatoms. The molecule has 0 aliphatic carbocycles. The van der Waals surface area contributed by atoms with Crippen LogP contribution in [0, 0.1) is 5.41 Å². The zero-order valence-corrected chi connectivity index (χ0v) is 11.2. The number of amides is 2. The van der Waals surface area contributed by atoms with Crippen molar-refractivity contribution in [3.63, 3.8) is 0 Å². The Morgan fingerprint density at radius 2 is 1.78 bits per heavy atom. The van der Waals surface area contributed by atoms with Crippen molar-refractivity contribution >= 4 is 17.6 Å². The highest BCUT2D eigenvalue weighted by Gasteiger charge is 2.48. The van der Waals surface area contributed by atoms with Gasteiger partial charge >= 0.3 is 0 Å². The van der Waals surface area contributed by atoms with Crippen LogP contribution < -0.4 is 5.32 Å². The van der Waals surface area contributed by atoms with Crippen LogP contribution in [0.4, 0.5) is 0 Å². The van der Waals surface area contributed by atoms with Crippen molar-refractivity contribution in [2.24, 2.45) is 5.41 Å². The monoisotopic (exact) mass is 252 g/mol. The van der Waals surface area contributed by atoms with Gasteiger partial charge in [0, 0.05) is 18.5 Å². The quantitative estimate of drug-likeness (QED) is 0.638. The summed E-state index contributed by atoms with van der Waals surface area (Å²) in [6.45, 7) is 6.76. The van der Waals surface area contributed by atoms with Gasteiger partial charge in [-0.05, 0) is 12.8 Å². The summed E-state index contributed by atoms with van der Waals surface area (Å²) in [4.78, 5) is 37.1. The molecule has 0 bridgehead atoms. The van der Waals surface area contributed by atoms with Gasteiger partial charge in [0.15, 0.2) is 5.78 Å². The fourth-order valence-corrected chi connectivity index (χ4v) is 2.67. The molecule has 2 amide bonds. The summed E-state index contributed by atoms with van der Waals surface area (Å²) >= 11 is 0. The van der Waals surface area contributed by atoms with Crippen LogP contribution >= 0.6 is 0 Å². The Hall–Kier alpha value is -1.39. The van der Waals surface area contributed by atoms with Gasteiger partial charge in [-0.3, -0.25) is 14.4 Å². The van der Waals surface area contributed by atoms with E-state index in [2.05, 4.69) is 5.32 Å². The van der Waals surface area contributed by atoms with Crippen LogP contribution in [-0.4, -0.2) is 41.1 Å². The van der Waals surface area contributed by atoms with Crippen LogP contribution in [0.15, 0.2) is 0 Å². The van der Waals surface area contributed by atoms with E-state index in [1.807, 2.05) is 20.8 Å². The van der Waals surface area contributed by atoms with Gasteiger partial charge in [0.05, 0.1) is 6.42 Å². The van der Waals surface area contributed by atoms with Gasteiger partial charge in [0.25, 0.3) is 0 Å². The molecule has 0 aromatic heterocycles. The summed E-state index contributed by atoms with van der Waals surface area (Å²) in [5.41, 5.74) is -1.08. The fourth-order valence-electron chi connectivity index (χ4n) is 2.67. The number of ketones is 1. The Balaban J connectivity index is 2.03. The van der Waals surface area contributed by atoms with Crippen LogP contribution in [0.25, 0.3) is 0 Å². The summed E-state index contributed by atoms with van der Waals surface area (Å²) < 4.78 is 0. The molecule has 1 N–H and O–H groups in total. The molecule has 1 spiro atoms. The third-order valence-corrected chi connectivity index (χ3v) is 3.78. The van der Waals surface area contributed by atoms with Crippen molar-refractivity contribution in [2.45, 2.75) is 45.6 Å². The smallest absolute Gasteiger partial charge is 0.228 e. The molecule has 0 unspecified atom stereocenters. The Morgan fingerprint density at radius 1 is 1.22 bits per heavy atom. The van der Waals surface area contributed by atoms with Crippen molar-refractivity contribution in [2.75, 3.05) is 13.1 Å². The van der Waals surface area contributed by atoms with Crippen LogP contribution in [0.1, 0.15) is 40.0 Å². The minimum absolute atomic E-state index is 0.00673. The first kappa shape index (κ1) is 13.1. The molecule has 2 saturated heterocycles. The molecule has 0 aromatic carbocycles. The van der Waals surface area contributed by atoms with Gasteiger partial charge in [0.1, 0.15) is 5.54 Å². The SMILES string of the molecule is CC(C)(C)C(=O)N1CCC2(CC1)NC(=O)CC2=O. The number of rotatable bonds is 0. The normalized spacial score (nSPS) is 23.4. The molecule has 2 aliphatic rings. The third-order valence-electron chi connectivity index (χ3n) is 3.78. The lowest BCUT2D eigenvalue weighted by Crippen LogP contribution is -2.56. The first-order chi connectivity index (χ1) is 8.24. The molecule has 2 aliphatic heterocycles. The standard InChI is InChI=1S/C13H20N2O3/c1-12(2,3)11(18)15-6-4-13(5-7-15)9(16)8-10(17)14-13/h4-8H2,1-3H3,(H,14,17). The molecule has 0 radical (unpaired) electrons. The molecule has 0 atom stereocenters. The molecule has 100 valence electrons. The van der Waals surface area contributed by atoms with E-state index in [0.29, 0.717) is 25.9 Å². The molecule has 0 aromatic rings. The highest BCUT2D eigenvalue weighted by atomic mass is 16.2. The first-order valence-electron chi connectivity index (χ1n) is 6.38. The number of nitrogens with zero attached hydrogens (tertiary/aromatic N) is 1. The number of hydrogen-bond acceptors (Lipinski definition) is 3. The van der Waals surface area contributed by atoms with Crippen LogP contribution in [0.3, 0.4) is 0 Å². The average Bonchev–Trinajstić information content (AvgIpc) is 2.53. The van der Waals surface area contributed by atoms with Crippen molar-refractivity contribution in [1.82, 2.24) is 10.2 Å². The zero-order chi connectivity index (χ0) is 13.6. The summed E-state index contributed by atoms with van der Waals surface area (Å²) in [6.07, 6.45) is 1.08. The summed E-state index contributed by atoms with van der Waals surface area (Å²) in [6, 6.07) is 0. The number of nitrogens with one attached hydrogen (secondary N) is 1. The van der Waals surface area contributed by atoms with E-state index in [9.17, 15) is 14.4 Å². The Bertz CT molecular complexity index is 401. The average molecular weight is 252 g/mol. The molecule has 2 heterocycles. The molecular formula is C13H20N2O3. The van der Waals surface area contributed by atoms with Crippen molar-refractivity contribution in [1.29, 1.82) is 0 Å². The Labute approximate surface area is 107 Å². The Kier molecular flexibility index (Phi) is 2.95. The number of hydrogen-bond donors (Lipinski definition) is 1. The van der Waals surface area contributed by atoms with Gasteiger partial charge in [0.2, 0.25) is 11.8 Å². The van der Waals surface area contributed by atoms with E-state index in [-0.39, 0.29) is 24.0 Å². The molecule has 0 saturated carbocycles. The van der Waals surface area contributed by atoms with E-state index in [4.69, 9.17) is 0 Å². The highest BCUT2D eigenvalue weighted by molar-refractivity contribution is 6.10. The number of carbonyl (C=O) groups excluding carboxylic acids is 3. The van der Waals surface area contributed by atoms with Gasteiger partial charge < -0.3 is 10.2 Å². The maximum Gasteiger partial charge on any atom is 0.228 e. The number of likely N-dealkylation sites (tertiary alicyclic amines) is 1. The van der Waals surface area contributed by atoms with Gasteiger partial charge in [-0.25, -0.2) is 0 Å². The van der Waals surface area contributed by atoms with E-state index in [0.717, 1.165) is 0 Å². The minimum atomic E-state index is -0.689. The largest absolute Gasteiger partial charge is 0.343 e. The molecule has 2 fully saturated rings. The second-order valence-corrected chi connectivity index (χ2v) is 6.27. The maximum absolute atomic E-state index is 12.1. The molecule has 18 heavy (non-hydrogen) atoms. The maximum atomic E-state index is 12.1. The molecular weight excluding hydrogens is 232 g/mol. The zero-order valence-electron chi connectivity index (χ0n) is 11.2. The summed E-state index contributed by atoms with van der Waals surface area (Å²) in [7, 11) is 0. The summed E-state index contributed by atoms with van der Waals surface area (Å²) in [5.74, 6) is -0.0971. The lowest BCUT2D eigenvalue weighted by molar-refractivity contribution is -0.142. The van der Waals surface area contributed by atoms with E-state index in [1.54, 1.807) is 4.90 Å². The second kappa shape index (κ2) is 4.07. The first-order valence-corrected chi connectivity index (χ1v) is 6.38. The minimum Gasteiger partial charge on any atom is -0.343 e. The highest BCUT2D eigenvalue weighted by Crippen LogP contribution is 2.30. The van der Waals surface area contributed by atoms with Crippen LogP contribution in [-0.2, 0) is 14.4 Å². The van der Waals surface area contributed by atoms with E-state index < -0.39 is 11.0 Å². The van der Waals surface area contributed by atoms with Crippen LogP contribution in [0.5, 0.6) is 0 Å². The van der Waals surface area contributed by atoms with Crippen LogP contribution in [0.2, 0.25) is 0 Å². The van der Waals surface area contributed by atoms with Gasteiger partial charge in [-0.2, -0.15) is 0 Å². The van der Waals surface area contributed by atoms with Crippen molar-refractivity contribution < 1.29 is 14.4 Å². The van der Waals surface area contributed by atoms with E-state index in [1.165, 1.54) is 0 Å². The molecule has 5 nitrogen and oxygen atoms in total. The van der Waals surface area contributed by atoms with Crippen molar-refractivity contribution in [3.05, 3.63) is 0 Å². The van der Waals surface area contributed by atoms with E-state index >= 15 is 0 Å². The fraction of sp³-hybridized carbons (Fsp3) is 0.769. The van der Waals surface area contributed by atoms with Crippen molar-refractivity contribution in [3.8, 4) is 0 Å². The van der Waals surface area contributed by atoms with Gasteiger partial charge in [-0.15, -0.1) is 0 Å². The predicted octanol–water partition coefficient (Wildman–Crippen LogP) is 0.483. The topological polar surface area (TPSA) is 66.5 Å². The Morgan fingerprint density at radius 3 is 2.17 bits per heavy atom.